The molecule has 5 aromatic rings. The number of carbonyl (C=O) groups excluding carboxylic acids is 1. The van der Waals surface area contributed by atoms with Crippen molar-refractivity contribution in [1.29, 1.82) is 0 Å². The summed E-state index contributed by atoms with van der Waals surface area (Å²) in [7, 11) is 0. The molecule has 232 valence electrons. The van der Waals surface area contributed by atoms with Crippen LogP contribution in [0.5, 0.6) is 0 Å². The Labute approximate surface area is 260 Å². The van der Waals surface area contributed by atoms with Gasteiger partial charge in [0.05, 0.1) is 56.2 Å². The highest BCUT2D eigenvalue weighted by Gasteiger charge is 2.30. The first kappa shape index (κ1) is 31.1. The lowest BCUT2D eigenvalue weighted by atomic mass is 10.2. The molecule has 2 aliphatic rings. The molecule has 2 saturated carbocycles. The van der Waals surface area contributed by atoms with Gasteiger partial charge in [0.2, 0.25) is 6.41 Å². The number of primary amides is 1. The summed E-state index contributed by atoms with van der Waals surface area (Å²) in [6, 6.07) is 20.8. The third-order valence-corrected chi connectivity index (χ3v) is 7.18. The molecule has 0 atom stereocenters. The first-order chi connectivity index (χ1) is 22.0. The zero-order valence-corrected chi connectivity index (χ0v) is 24.8. The Morgan fingerprint density at radius 2 is 1.31 bits per heavy atom. The van der Waals surface area contributed by atoms with Gasteiger partial charge in [-0.2, -0.15) is 10.2 Å². The number of anilines is 2. The topological polar surface area (TPSA) is 179 Å². The van der Waals surface area contributed by atoms with Gasteiger partial charge in [-0.25, -0.2) is 19.5 Å². The van der Waals surface area contributed by atoms with Gasteiger partial charge >= 0.3 is 0 Å². The number of carbonyl (C=O) groups is 1. The highest BCUT2D eigenvalue weighted by atomic mass is 16.5. The van der Waals surface area contributed by atoms with Crippen LogP contribution in [-0.4, -0.2) is 35.9 Å². The number of nitrogens with zero attached hydrogens (tertiary/aromatic N) is 7. The molecular weight excluding hydrogens is 572 g/mol. The monoisotopic (exact) mass is 608 g/mol. The molecule has 45 heavy (non-hydrogen) atoms. The highest BCUT2D eigenvalue weighted by Crippen LogP contribution is 2.40. The number of nitrogens with two attached hydrogens (primary N) is 3. The predicted molar refractivity (Wildman–Crippen MR) is 169 cm³/mol. The van der Waals surface area contributed by atoms with Crippen molar-refractivity contribution in [1.82, 2.24) is 29.5 Å². The van der Waals surface area contributed by atoms with Gasteiger partial charge in [0.15, 0.2) is 5.65 Å². The molecule has 2 fully saturated rings. The molecule has 1 amide bonds. The Morgan fingerprint density at radius 1 is 0.800 bits per heavy atom. The van der Waals surface area contributed by atoms with E-state index in [1.54, 1.807) is 4.68 Å². The second-order valence-electron chi connectivity index (χ2n) is 10.6. The summed E-state index contributed by atoms with van der Waals surface area (Å²) < 4.78 is 15.2. The number of ether oxygens (including phenoxy) is 2. The molecule has 6 N–H and O–H groups in total. The van der Waals surface area contributed by atoms with Gasteiger partial charge in [0, 0.05) is 0 Å². The van der Waals surface area contributed by atoms with Crippen LogP contribution in [0.15, 0.2) is 67.0 Å². The van der Waals surface area contributed by atoms with Crippen LogP contribution >= 0.6 is 0 Å². The van der Waals surface area contributed by atoms with E-state index in [1.807, 2.05) is 65.3 Å². The number of hydrogen-bond donors (Lipinski definition) is 3. The van der Waals surface area contributed by atoms with Gasteiger partial charge in [-0.1, -0.05) is 60.7 Å². The average Bonchev–Trinajstić information content (AvgIpc) is 4.00. The summed E-state index contributed by atoms with van der Waals surface area (Å²) in [6.45, 7) is 9.01. The largest absolute Gasteiger partial charge is 0.393 e. The average molecular weight is 609 g/mol. The molecule has 2 aliphatic carbocycles. The number of hydrogen-bond acceptors (Lipinski definition) is 9. The van der Waals surface area contributed by atoms with E-state index in [0.29, 0.717) is 61.5 Å². The van der Waals surface area contributed by atoms with Gasteiger partial charge < -0.3 is 26.7 Å². The Balaban J connectivity index is 0.000000165. The summed E-state index contributed by atoms with van der Waals surface area (Å²) in [4.78, 5) is 20.5. The molecule has 0 aliphatic heterocycles. The van der Waals surface area contributed by atoms with Crippen LogP contribution in [0.1, 0.15) is 60.3 Å². The van der Waals surface area contributed by atoms with Crippen LogP contribution in [0, 0.1) is 6.57 Å². The molecule has 13 nitrogen and oxygen atoms in total. The van der Waals surface area contributed by atoms with E-state index in [1.165, 1.54) is 6.33 Å². The van der Waals surface area contributed by atoms with Crippen LogP contribution in [0.2, 0.25) is 0 Å². The lowest BCUT2D eigenvalue weighted by molar-refractivity contribution is -0.106. The minimum absolute atomic E-state index is 0.250. The second kappa shape index (κ2) is 14.9. The Kier molecular flexibility index (Phi) is 10.3. The zero-order chi connectivity index (χ0) is 31.6. The van der Waals surface area contributed by atoms with Crippen LogP contribution in [0.3, 0.4) is 0 Å². The predicted octanol–water partition coefficient (Wildman–Crippen LogP) is 4.63. The molecule has 7 rings (SSSR count). The molecule has 0 saturated heterocycles. The Morgan fingerprint density at radius 3 is 1.84 bits per heavy atom. The van der Waals surface area contributed by atoms with Crippen molar-refractivity contribution in [3.63, 3.8) is 0 Å². The number of fused-ring (bicyclic) bond motifs is 1. The summed E-state index contributed by atoms with van der Waals surface area (Å²) in [5, 5.41) is 9.90. The van der Waals surface area contributed by atoms with Crippen molar-refractivity contribution in [2.75, 3.05) is 11.5 Å². The van der Waals surface area contributed by atoms with E-state index < -0.39 is 0 Å². The number of aromatic nitrogens is 6. The first-order valence-corrected chi connectivity index (χ1v) is 14.6. The van der Waals surface area contributed by atoms with Crippen LogP contribution in [0.4, 0.5) is 17.3 Å². The summed E-state index contributed by atoms with van der Waals surface area (Å²) in [6.07, 6.45) is 6.21. The summed E-state index contributed by atoms with van der Waals surface area (Å²) in [5.74, 6) is 0.941. The Bertz CT molecular complexity index is 1740. The van der Waals surface area contributed by atoms with Crippen molar-refractivity contribution in [2.45, 2.75) is 64.2 Å². The highest BCUT2D eigenvalue weighted by molar-refractivity contribution is 5.88. The molecular formula is C32H36N10O3. The molecule has 13 heteroatoms. The first-order valence-electron chi connectivity index (χ1n) is 14.6. The fourth-order valence-electron chi connectivity index (χ4n) is 4.73. The molecule has 0 unspecified atom stereocenters. The maximum absolute atomic E-state index is 8.58. The summed E-state index contributed by atoms with van der Waals surface area (Å²) >= 11 is 0. The van der Waals surface area contributed by atoms with Crippen LogP contribution < -0.4 is 17.2 Å². The third-order valence-electron chi connectivity index (χ3n) is 7.18. The number of benzene rings is 2. The molecule has 0 bridgehead atoms. The second-order valence-corrected chi connectivity index (χ2v) is 10.6. The fourth-order valence-corrected chi connectivity index (χ4v) is 4.73. The van der Waals surface area contributed by atoms with Crippen molar-refractivity contribution in [2.24, 2.45) is 5.73 Å². The standard InChI is InChI=1S/C16H17N5O.C15H16N4O.CH3NO/c17-15-14-13(9-22-8-11-4-2-1-3-5-11)20-21(12-6-7-12)16(14)19-10-18-15;1-17-14-13(18-19(15(14)16)12-7-8-12)10-20-9-11-5-3-2-4-6-11;2-1-3/h1-5,10,12H,6-9H2,(H2,17,18,19);2-6,12H,7-10,16H2;1H,(H2,2,3). The quantitative estimate of drug-likeness (QED) is 0.150. The van der Waals surface area contributed by atoms with Crippen molar-refractivity contribution < 1.29 is 14.3 Å². The zero-order valence-electron chi connectivity index (χ0n) is 24.8. The number of amides is 1. The molecule has 2 aromatic carbocycles. The lowest BCUT2D eigenvalue weighted by Crippen LogP contribution is -2.02. The molecule has 0 radical (unpaired) electrons. The van der Waals surface area contributed by atoms with Crippen molar-refractivity contribution in [3.05, 3.63) is 101 Å². The minimum Gasteiger partial charge on any atom is -0.393 e. The third kappa shape index (κ3) is 7.99. The minimum atomic E-state index is 0.250. The van der Waals surface area contributed by atoms with E-state index in [2.05, 4.69) is 30.7 Å². The van der Waals surface area contributed by atoms with E-state index >= 15 is 0 Å². The van der Waals surface area contributed by atoms with Gasteiger partial charge in [0.1, 0.15) is 23.7 Å². The SMILES string of the molecule is NC=O.Nc1ncnc2c1c(COCc1ccccc1)nn2C1CC1.[C-]#[N+]c1c(COCc2ccccc2)nn(C2CC2)c1N. The van der Waals surface area contributed by atoms with Crippen molar-refractivity contribution >= 4 is 34.8 Å². The van der Waals surface area contributed by atoms with Gasteiger partial charge in [-0.05, 0) is 36.8 Å². The fraction of sp³-hybridized carbons (Fsp3) is 0.312. The van der Waals surface area contributed by atoms with E-state index in [-0.39, 0.29) is 6.41 Å². The maximum atomic E-state index is 8.58. The van der Waals surface area contributed by atoms with Gasteiger partial charge in [0.25, 0.3) is 5.69 Å². The van der Waals surface area contributed by atoms with Gasteiger partial charge in [-0.3, -0.25) is 9.48 Å². The van der Waals surface area contributed by atoms with Crippen molar-refractivity contribution in [3.8, 4) is 0 Å². The normalized spacial score (nSPS) is 13.7. The Hall–Kier alpha value is -5.32. The smallest absolute Gasteiger partial charge is 0.252 e. The number of rotatable bonds is 10. The lowest BCUT2D eigenvalue weighted by Gasteiger charge is -2.03. The van der Waals surface area contributed by atoms with Gasteiger partial charge in [-0.15, -0.1) is 0 Å². The number of nitrogen functional groups attached to an aromatic ring is 2. The van der Waals surface area contributed by atoms with Crippen LogP contribution in [0.25, 0.3) is 15.9 Å². The summed E-state index contributed by atoms with van der Waals surface area (Å²) in [5.41, 5.74) is 21.1. The molecule has 3 heterocycles. The molecule has 3 aromatic heterocycles. The van der Waals surface area contributed by atoms with E-state index in [9.17, 15) is 0 Å². The van der Waals surface area contributed by atoms with E-state index in [0.717, 1.165) is 53.5 Å². The molecule has 0 spiro atoms. The van der Waals surface area contributed by atoms with E-state index in [4.69, 9.17) is 32.3 Å². The van der Waals surface area contributed by atoms with Crippen LogP contribution in [-0.2, 0) is 40.7 Å². The maximum Gasteiger partial charge on any atom is 0.252 e.